The molecular weight excluding hydrogens is 261 g/mol. The number of hydrogen-bond acceptors (Lipinski definition) is 4. The lowest BCUT2D eigenvalue weighted by Crippen LogP contribution is -2.16. The number of carbonyl (C=O) groups is 1. The van der Waals surface area contributed by atoms with Crippen molar-refractivity contribution >= 4 is 17.4 Å². The summed E-state index contributed by atoms with van der Waals surface area (Å²) in [5.41, 5.74) is 1.44. The second-order valence-corrected chi connectivity index (χ2v) is 4.34. The van der Waals surface area contributed by atoms with Crippen molar-refractivity contribution in [3.8, 4) is 0 Å². The molecule has 2 aromatic heterocycles. The number of pyridine rings is 1. The van der Waals surface area contributed by atoms with Gasteiger partial charge in [-0.05, 0) is 19.9 Å². The molecule has 0 aliphatic carbocycles. The van der Waals surface area contributed by atoms with Crippen molar-refractivity contribution in [2.45, 2.75) is 13.8 Å². The molecule has 0 radical (unpaired) electrons. The number of nitrogens with one attached hydrogen (secondary N) is 2. The number of anilines is 2. The zero-order valence-electron chi connectivity index (χ0n) is 11.6. The molecule has 0 bridgehead atoms. The predicted molar refractivity (Wildman–Crippen MR) is 74.3 cm³/mol. The first-order valence-corrected chi connectivity index (χ1v) is 6.22. The molecule has 0 saturated heterocycles. The highest BCUT2D eigenvalue weighted by atomic mass is 19.1. The van der Waals surface area contributed by atoms with E-state index in [1.165, 1.54) is 0 Å². The molecule has 0 atom stereocenters. The van der Waals surface area contributed by atoms with Crippen molar-refractivity contribution < 1.29 is 9.18 Å². The zero-order chi connectivity index (χ0) is 14.7. The van der Waals surface area contributed by atoms with Crippen LogP contribution in [0, 0.1) is 12.7 Å². The normalized spacial score (nSPS) is 10.4. The van der Waals surface area contributed by atoms with Gasteiger partial charge in [-0.3, -0.25) is 9.48 Å². The SMILES string of the molecule is CCNc1ncc(F)cc1C(=O)Nc1cn(C)nc1C. The van der Waals surface area contributed by atoms with Crippen molar-refractivity contribution in [2.75, 3.05) is 17.2 Å². The van der Waals surface area contributed by atoms with E-state index in [4.69, 9.17) is 0 Å². The average Bonchev–Trinajstić information content (AvgIpc) is 2.70. The molecule has 0 aromatic carbocycles. The lowest BCUT2D eigenvalue weighted by Gasteiger charge is -2.09. The summed E-state index contributed by atoms with van der Waals surface area (Å²) in [7, 11) is 1.76. The van der Waals surface area contributed by atoms with E-state index in [0.717, 1.165) is 12.3 Å². The highest BCUT2D eigenvalue weighted by Crippen LogP contribution is 2.18. The second-order valence-electron chi connectivity index (χ2n) is 4.34. The van der Waals surface area contributed by atoms with Crippen LogP contribution in [0.3, 0.4) is 0 Å². The van der Waals surface area contributed by atoms with Gasteiger partial charge in [-0.2, -0.15) is 5.10 Å². The van der Waals surface area contributed by atoms with Crippen LogP contribution in [0.15, 0.2) is 18.5 Å². The summed E-state index contributed by atoms with van der Waals surface area (Å²) in [5.74, 6) is -0.628. The minimum Gasteiger partial charge on any atom is -0.370 e. The van der Waals surface area contributed by atoms with Crippen LogP contribution in [0.1, 0.15) is 23.0 Å². The van der Waals surface area contributed by atoms with E-state index in [-0.39, 0.29) is 5.56 Å². The molecule has 106 valence electrons. The van der Waals surface area contributed by atoms with Gasteiger partial charge in [-0.15, -0.1) is 0 Å². The van der Waals surface area contributed by atoms with Crippen LogP contribution >= 0.6 is 0 Å². The van der Waals surface area contributed by atoms with Gasteiger partial charge in [0.1, 0.15) is 11.6 Å². The van der Waals surface area contributed by atoms with Gasteiger partial charge in [-0.25, -0.2) is 9.37 Å². The minimum absolute atomic E-state index is 0.162. The van der Waals surface area contributed by atoms with Crippen LogP contribution in [0.5, 0.6) is 0 Å². The fraction of sp³-hybridized carbons (Fsp3) is 0.308. The van der Waals surface area contributed by atoms with Crippen molar-refractivity contribution in [1.29, 1.82) is 0 Å². The number of aromatic nitrogens is 3. The number of hydrogen-bond donors (Lipinski definition) is 2. The highest BCUT2D eigenvalue weighted by Gasteiger charge is 2.15. The summed E-state index contributed by atoms with van der Waals surface area (Å²) in [4.78, 5) is 16.1. The molecule has 0 fully saturated rings. The number of carbonyl (C=O) groups excluding carboxylic acids is 1. The summed E-state index contributed by atoms with van der Waals surface area (Å²) in [6, 6.07) is 1.16. The van der Waals surface area contributed by atoms with Gasteiger partial charge in [0.05, 0.1) is 23.1 Å². The molecule has 0 aliphatic heterocycles. The largest absolute Gasteiger partial charge is 0.370 e. The summed E-state index contributed by atoms with van der Waals surface area (Å²) in [6.07, 6.45) is 2.76. The van der Waals surface area contributed by atoms with Crippen LogP contribution < -0.4 is 10.6 Å². The minimum atomic E-state index is -0.556. The lowest BCUT2D eigenvalue weighted by molar-refractivity contribution is 0.102. The molecule has 0 saturated carbocycles. The topological polar surface area (TPSA) is 71.8 Å². The number of nitrogens with zero attached hydrogens (tertiary/aromatic N) is 3. The molecule has 20 heavy (non-hydrogen) atoms. The van der Waals surface area contributed by atoms with Crippen LogP contribution in [0.2, 0.25) is 0 Å². The summed E-state index contributed by atoms with van der Waals surface area (Å²) >= 11 is 0. The van der Waals surface area contributed by atoms with Crippen LogP contribution in [0.25, 0.3) is 0 Å². The summed E-state index contributed by atoms with van der Waals surface area (Å²) < 4.78 is 14.9. The first-order valence-electron chi connectivity index (χ1n) is 6.22. The zero-order valence-corrected chi connectivity index (χ0v) is 11.6. The number of halogens is 1. The molecule has 0 unspecified atom stereocenters. The van der Waals surface area contributed by atoms with E-state index in [1.54, 1.807) is 24.9 Å². The maximum Gasteiger partial charge on any atom is 0.259 e. The van der Waals surface area contributed by atoms with Gasteiger partial charge in [0.15, 0.2) is 0 Å². The van der Waals surface area contributed by atoms with Crippen molar-refractivity contribution in [2.24, 2.45) is 7.05 Å². The smallest absolute Gasteiger partial charge is 0.259 e. The van der Waals surface area contributed by atoms with Gasteiger partial charge in [0.25, 0.3) is 5.91 Å². The van der Waals surface area contributed by atoms with Gasteiger partial charge in [0.2, 0.25) is 0 Å². The lowest BCUT2D eigenvalue weighted by atomic mass is 10.2. The molecule has 1 amide bonds. The maximum absolute atomic E-state index is 13.3. The third-order valence-corrected chi connectivity index (χ3v) is 2.70. The fourth-order valence-electron chi connectivity index (χ4n) is 1.83. The maximum atomic E-state index is 13.3. The Hall–Kier alpha value is -2.44. The molecule has 2 rings (SSSR count). The molecule has 2 aromatic rings. The molecule has 7 heteroatoms. The van der Waals surface area contributed by atoms with E-state index in [2.05, 4.69) is 20.7 Å². The Balaban J connectivity index is 2.28. The highest BCUT2D eigenvalue weighted by molar-refractivity contribution is 6.07. The first-order chi connectivity index (χ1) is 9.51. The Morgan fingerprint density at radius 2 is 2.25 bits per heavy atom. The molecule has 6 nitrogen and oxygen atoms in total. The van der Waals surface area contributed by atoms with Crippen LogP contribution in [-0.4, -0.2) is 27.2 Å². The van der Waals surface area contributed by atoms with Crippen LogP contribution in [0.4, 0.5) is 15.9 Å². The monoisotopic (exact) mass is 277 g/mol. The predicted octanol–water partition coefficient (Wildman–Crippen LogP) is 1.95. The Labute approximate surface area is 116 Å². The number of rotatable bonds is 4. The van der Waals surface area contributed by atoms with Gasteiger partial charge in [0, 0.05) is 19.8 Å². The Bertz CT molecular complexity index is 638. The molecule has 0 spiro atoms. The standard InChI is InChI=1S/C13H16FN5O/c1-4-15-12-10(5-9(14)6-16-12)13(20)17-11-7-19(3)18-8(11)2/h5-7H,4H2,1-3H3,(H,15,16)(H,17,20). The van der Waals surface area contributed by atoms with Gasteiger partial charge >= 0.3 is 0 Å². The summed E-state index contributed by atoms with van der Waals surface area (Å²) in [5, 5.41) is 9.77. The number of amides is 1. The molecular formula is C13H16FN5O. The van der Waals surface area contributed by atoms with Crippen molar-refractivity contribution in [1.82, 2.24) is 14.8 Å². The van der Waals surface area contributed by atoms with Crippen molar-refractivity contribution in [3.63, 3.8) is 0 Å². The fourth-order valence-corrected chi connectivity index (χ4v) is 1.83. The van der Waals surface area contributed by atoms with Crippen molar-refractivity contribution in [3.05, 3.63) is 35.5 Å². The Morgan fingerprint density at radius 1 is 1.50 bits per heavy atom. The number of aryl methyl sites for hydroxylation is 2. The molecule has 2 N–H and O–H groups in total. The molecule has 2 heterocycles. The molecule has 0 aliphatic rings. The Morgan fingerprint density at radius 3 is 2.85 bits per heavy atom. The van der Waals surface area contributed by atoms with Gasteiger partial charge in [-0.1, -0.05) is 0 Å². The quantitative estimate of drug-likeness (QED) is 0.896. The van der Waals surface area contributed by atoms with E-state index in [0.29, 0.717) is 23.7 Å². The first kappa shape index (κ1) is 14.0. The van der Waals surface area contributed by atoms with E-state index in [1.807, 2.05) is 6.92 Å². The van der Waals surface area contributed by atoms with E-state index in [9.17, 15) is 9.18 Å². The van der Waals surface area contributed by atoms with Gasteiger partial charge < -0.3 is 10.6 Å². The second kappa shape index (κ2) is 5.68. The third kappa shape index (κ3) is 2.93. The third-order valence-electron chi connectivity index (χ3n) is 2.70. The summed E-state index contributed by atoms with van der Waals surface area (Å²) in [6.45, 7) is 4.24. The van der Waals surface area contributed by atoms with E-state index >= 15 is 0 Å². The van der Waals surface area contributed by atoms with E-state index < -0.39 is 11.7 Å². The average molecular weight is 277 g/mol. The Kier molecular flexibility index (Phi) is 3.97. The van der Waals surface area contributed by atoms with Crippen LogP contribution in [-0.2, 0) is 7.05 Å².